The fraction of sp³-hybridized carbons (Fsp3) is 0.250. The Kier molecular flexibility index (Phi) is 4.01. The highest BCUT2D eigenvalue weighted by atomic mass is 35.5. The molecule has 2 heterocycles. The van der Waals surface area contributed by atoms with E-state index in [1.165, 1.54) is 12.1 Å². The third-order valence-electron chi connectivity index (χ3n) is 2.48. The monoisotopic (exact) mass is 297 g/mol. The summed E-state index contributed by atoms with van der Waals surface area (Å²) >= 11 is 7.40. The standard InChI is InChI=1S/C12H12ClN3O2S/c1-7-14-9(6-19-7)5-16(2)11-4-8(12(17)18)3-10(13)15-11/h3-4,6H,5H2,1-2H3,(H,17,18). The molecule has 2 aromatic heterocycles. The molecule has 1 N–H and O–H groups in total. The Morgan fingerprint density at radius 3 is 2.79 bits per heavy atom. The van der Waals surface area contributed by atoms with Gasteiger partial charge in [0.15, 0.2) is 0 Å². The van der Waals surface area contributed by atoms with E-state index in [9.17, 15) is 4.79 Å². The molecule has 0 aliphatic heterocycles. The fourth-order valence-corrected chi connectivity index (χ4v) is 2.41. The molecule has 0 saturated carbocycles. The van der Waals surface area contributed by atoms with Crippen LogP contribution in [0, 0.1) is 6.92 Å². The van der Waals surface area contributed by atoms with Crippen molar-refractivity contribution in [2.24, 2.45) is 0 Å². The smallest absolute Gasteiger partial charge is 0.335 e. The zero-order valence-corrected chi connectivity index (χ0v) is 12.0. The van der Waals surface area contributed by atoms with E-state index in [1.54, 1.807) is 11.3 Å². The maximum absolute atomic E-state index is 11.0. The third kappa shape index (κ3) is 3.42. The number of hydrogen-bond donors (Lipinski definition) is 1. The molecule has 0 atom stereocenters. The average Bonchev–Trinajstić information content (AvgIpc) is 2.73. The molecule has 2 aromatic rings. The number of aromatic carboxylic acids is 1. The second-order valence-corrected chi connectivity index (χ2v) is 5.51. The summed E-state index contributed by atoms with van der Waals surface area (Å²) in [7, 11) is 1.82. The second-order valence-electron chi connectivity index (χ2n) is 4.06. The topological polar surface area (TPSA) is 66.3 Å². The Morgan fingerprint density at radius 2 is 2.21 bits per heavy atom. The molecule has 0 spiro atoms. The number of carboxylic acids is 1. The predicted molar refractivity (Wildman–Crippen MR) is 75.2 cm³/mol. The van der Waals surface area contributed by atoms with Crippen molar-refractivity contribution >= 4 is 34.7 Å². The summed E-state index contributed by atoms with van der Waals surface area (Å²) in [4.78, 5) is 21.3. The SMILES string of the molecule is Cc1nc(CN(C)c2cc(C(=O)O)cc(Cl)n2)cs1. The lowest BCUT2D eigenvalue weighted by molar-refractivity contribution is 0.0697. The summed E-state index contributed by atoms with van der Waals surface area (Å²) < 4.78 is 0. The number of pyridine rings is 1. The fourth-order valence-electron chi connectivity index (χ4n) is 1.61. The van der Waals surface area contributed by atoms with E-state index in [0.717, 1.165) is 10.7 Å². The lowest BCUT2D eigenvalue weighted by atomic mass is 10.2. The molecule has 0 bridgehead atoms. The third-order valence-corrected chi connectivity index (χ3v) is 3.50. The van der Waals surface area contributed by atoms with Gasteiger partial charge in [-0.1, -0.05) is 11.6 Å². The van der Waals surface area contributed by atoms with Crippen molar-refractivity contribution < 1.29 is 9.90 Å². The van der Waals surface area contributed by atoms with Crippen LogP contribution in [-0.2, 0) is 6.54 Å². The van der Waals surface area contributed by atoms with Gasteiger partial charge in [0.2, 0.25) is 0 Å². The summed E-state index contributed by atoms with van der Waals surface area (Å²) in [5.74, 6) is -0.515. The number of nitrogens with zero attached hydrogens (tertiary/aromatic N) is 3. The number of carboxylic acid groups (broad SMARTS) is 1. The molecule has 0 aliphatic rings. The first-order chi connectivity index (χ1) is 8.95. The van der Waals surface area contributed by atoms with Crippen LogP contribution in [-0.4, -0.2) is 28.1 Å². The average molecular weight is 298 g/mol. The van der Waals surface area contributed by atoms with Gasteiger partial charge in [0.05, 0.1) is 22.8 Å². The Hall–Kier alpha value is -1.66. The van der Waals surface area contributed by atoms with E-state index in [0.29, 0.717) is 12.4 Å². The maximum Gasteiger partial charge on any atom is 0.335 e. The van der Waals surface area contributed by atoms with Crippen LogP contribution in [0.4, 0.5) is 5.82 Å². The highest BCUT2D eigenvalue weighted by molar-refractivity contribution is 7.09. The molecule has 0 aliphatic carbocycles. The van der Waals surface area contributed by atoms with Crippen molar-refractivity contribution in [3.63, 3.8) is 0 Å². The van der Waals surface area contributed by atoms with E-state index < -0.39 is 5.97 Å². The van der Waals surface area contributed by atoms with Gasteiger partial charge in [-0.2, -0.15) is 0 Å². The number of aromatic nitrogens is 2. The van der Waals surface area contributed by atoms with Crippen LogP contribution >= 0.6 is 22.9 Å². The van der Waals surface area contributed by atoms with Gasteiger partial charge in [-0.25, -0.2) is 14.8 Å². The van der Waals surface area contributed by atoms with Crippen molar-refractivity contribution in [1.29, 1.82) is 0 Å². The summed E-state index contributed by atoms with van der Waals surface area (Å²) in [5, 5.41) is 12.1. The lowest BCUT2D eigenvalue weighted by Gasteiger charge is -2.17. The van der Waals surface area contributed by atoms with Gasteiger partial charge in [0, 0.05) is 12.4 Å². The number of carbonyl (C=O) groups is 1. The quantitative estimate of drug-likeness (QED) is 0.879. The Bertz CT molecular complexity index is 615. The van der Waals surface area contributed by atoms with Crippen molar-refractivity contribution in [1.82, 2.24) is 9.97 Å². The van der Waals surface area contributed by atoms with E-state index in [2.05, 4.69) is 9.97 Å². The van der Waals surface area contributed by atoms with Gasteiger partial charge in [-0.05, 0) is 19.1 Å². The molecule has 2 rings (SSSR count). The van der Waals surface area contributed by atoms with Crippen LogP contribution in [0.1, 0.15) is 21.1 Å². The van der Waals surface area contributed by atoms with Gasteiger partial charge >= 0.3 is 5.97 Å². The molecule has 5 nitrogen and oxygen atoms in total. The number of anilines is 1. The van der Waals surface area contributed by atoms with Crippen molar-refractivity contribution in [2.75, 3.05) is 11.9 Å². The van der Waals surface area contributed by atoms with E-state index in [4.69, 9.17) is 16.7 Å². The molecular formula is C12H12ClN3O2S. The Balaban J connectivity index is 2.23. The molecular weight excluding hydrogens is 286 g/mol. The number of hydrogen-bond acceptors (Lipinski definition) is 5. The maximum atomic E-state index is 11.0. The normalized spacial score (nSPS) is 10.5. The minimum absolute atomic E-state index is 0.122. The number of aryl methyl sites for hydroxylation is 1. The summed E-state index contributed by atoms with van der Waals surface area (Å²) in [5.41, 5.74) is 1.04. The Labute approximate surface area is 119 Å². The predicted octanol–water partition coefficient (Wildman–Crippen LogP) is 2.83. The summed E-state index contributed by atoms with van der Waals surface area (Å²) in [6.07, 6.45) is 0. The van der Waals surface area contributed by atoms with Gasteiger partial charge in [0.1, 0.15) is 11.0 Å². The first-order valence-corrected chi connectivity index (χ1v) is 6.74. The van der Waals surface area contributed by atoms with Gasteiger partial charge < -0.3 is 10.0 Å². The zero-order valence-electron chi connectivity index (χ0n) is 10.4. The highest BCUT2D eigenvalue weighted by Gasteiger charge is 2.11. The second kappa shape index (κ2) is 5.54. The van der Waals surface area contributed by atoms with Crippen LogP contribution in [0.15, 0.2) is 17.5 Å². The first kappa shape index (κ1) is 13.8. The van der Waals surface area contributed by atoms with E-state index in [-0.39, 0.29) is 10.7 Å². The van der Waals surface area contributed by atoms with E-state index in [1.807, 2.05) is 24.3 Å². The zero-order chi connectivity index (χ0) is 14.0. The minimum atomic E-state index is -1.02. The molecule has 100 valence electrons. The summed E-state index contributed by atoms with van der Waals surface area (Å²) in [6, 6.07) is 2.82. The Morgan fingerprint density at radius 1 is 1.47 bits per heavy atom. The molecule has 7 heteroatoms. The molecule has 0 amide bonds. The molecule has 0 aromatic carbocycles. The molecule has 0 fully saturated rings. The number of thiazole rings is 1. The molecule has 19 heavy (non-hydrogen) atoms. The van der Waals surface area contributed by atoms with Gasteiger partial charge in [-0.15, -0.1) is 11.3 Å². The minimum Gasteiger partial charge on any atom is -0.478 e. The highest BCUT2D eigenvalue weighted by Crippen LogP contribution is 2.19. The van der Waals surface area contributed by atoms with Crippen LogP contribution in [0.25, 0.3) is 0 Å². The van der Waals surface area contributed by atoms with Gasteiger partial charge in [0.25, 0.3) is 0 Å². The van der Waals surface area contributed by atoms with E-state index >= 15 is 0 Å². The molecule has 0 saturated heterocycles. The first-order valence-electron chi connectivity index (χ1n) is 5.48. The van der Waals surface area contributed by atoms with Crippen molar-refractivity contribution in [3.8, 4) is 0 Å². The number of halogens is 1. The van der Waals surface area contributed by atoms with Crippen LogP contribution in [0.2, 0.25) is 5.15 Å². The van der Waals surface area contributed by atoms with Crippen LogP contribution < -0.4 is 4.90 Å². The number of rotatable bonds is 4. The van der Waals surface area contributed by atoms with Crippen LogP contribution in [0.5, 0.6) is 0 Å². The van der Waals surface area contributed by atoms with Crippen molar-refractivity contribution in [2.45, 2.75) is 13.5 Å². The molecule has 0 radical (unpaired) electrons. The largest absolute Gasteiger partial charge is 0.478 e. The molecule has 0 unspecified atom stereocenters. The summed E-state index contributed by atoms with van der Waals surface area (Å²) in [6.45, 7) is 2.49. The lowest BCUT2D eigenvalue weighted by Crippen LogP contribution is -2.18. The van der Waals surface area contributed by atoms with Crippen LogP contribution in [0.3, 0.4) is 0 Å². The van der Waals surface area contributed by atoms with Gasteiger partial charge in [-0.3, -0.25) is 0 Å². The van der Waals surface area contributed by atoms with Crippen molar-refractivity contribution in [3.05, 3.63) is 38.9 Å².